The summed E-state index contributed by atoms with van der Waals surface area (Å²) in [6, 6.07) is 7.13. The summed E-state index contributed by atoms with van der Waals surface area (Å²) < 4.78 is 9.76. The molecule has 1 aromatic rings. The third-order valence-corrected chi connectivity index (χ3v) is 3.81. The lowest BCUT2D eigenvalue weighted by Crippen LogP contribution is -2.49. The molecule has 1 aromatic carbocycles. The van der Waals surface area contributed by atoms with Gasteiger partial charge in [0, 0.05) is 18.8 Å². The predicted octanol–water partition coefficient (Wildman–Crippen LogP) is 1.44. The van der Waals surface area contributed by atoms with Crippen LogP contribution in [0, 0.1) is 0 Å². The van der Waals surface area contributed by atoms with E-state index in [0.717, 1.165) is 5.56 Å². The largest absolute Gasteiger partial charge is 0.497 e. The molecule has 108 valence electrons. The molecule has 1 aliphatic carbocycles. The molecule has 0 amide bonds. The standard InChI is InChI=1S/C15H18O5/c1-19-12-6-3-10(4-7-12)13-8-5-11(16)9-15(13,18)14(17)20-2/h3-4,6-7,13,18H,5,8-9H2,1-2H3/t13-,15+/m1/s1. The molecule has 0 radical (unpaired) electrons. The SMILES string of the molecule is COC(=O)[C@]1(O)CC(=O)CC[C@@H]1c1ccc(OC)cc1. The Bertz CT molecular complexity index is 508. The van der Waals surface area contributed by atoms with Gasteiger partial charge in [-0.15, -0.1) is 0 Å². The van der Waals surface area contributed by atoms with Gasteiger partial charge in [-0.2, -0.15) is 0 Å². The van der Waals surface area contributed by atoms with Gasteiger partial charge >= 0.3 is 5.97 Å². The monoisotopic (exact) mass is 278 g/mol. The fourth-order valence-corrected chi connectivity index (χ4v) is 2.73. The summed E-state index contributed by atoms with van der Waals surface area (Å²) in [5.41, 5.74) is -0.982. The van der Waals surface area contributed by atoms with Crippen LogP contribution in [0.15, 0.2) is 24.3 Å². The van der Waals surface area contributed by atoms with Crippen LogP contribution in [-0.2, 0) is 14.3 Å². The molecule has 0 aromatic heterocycles. The molecule has 5 nitrogen and oxygen atoms in total. The Balaban J connectivity index is 2.35. The summed E-state index contributed by atoms with van der Waals surface area (Å²) in [6.45, 7) is 0. The lowest BCUT2D eigenvalue weighted by molar-refractivity contribution is -0.170. The van der Waals surface area contributed by atoms with E-state index in [4.69, 9.17) is 4.74 Å². The summed E-state index contributed by atoms with van der Waals surface area (Å²) in [4.78, 5) is 23.5. The number of ether oxygens (including phenoxy) is 2. The maximum absolute atomic E-state index is 11.9. The minimum Gasteiger partial charge on any atom is -0.497 e. The summed E-state index contributed by atoms with van der Waals surface area (Å²) >= 11 is 0. The minimum absolute atomic E-state index is 0.123. The smallest absolute Gasteiger partial charge is 0.338 e. The lowest BCUT2D eigenvalue weighted by Gasteiger charge is -2.37. The molecule has 0 saturated heterocycles. The number of carbonyl (C=O) groups is 2. The first-order valence-electron chi connectivity index (χ1n) is 6.47. The van der Waals surface area contributed by atoms with Gasteiger partial charge in [0.15, 0.2) is 5.60 Å². The molecule has 0 aliphatic heterocycles. The fraction of sp³-hybridized carbons (Fsp3) is 0.467. The van der Waals surface area contributed by atoms with Crippen LogP contribution in [0.3, 0.4) is 0 Å². The van der Waals surface area contributed by atoms with Crippen LogP contribution in [-0.4, -0.2) is 36.7 Å². The molecule has 0 heterocycles. The van der Waals surface area contributed by atoms with Gasteiger partial charge in [0.2, 0.25) is 0 Å². The molecule has 2 atom stereocenters. The predicted molar refractivity (Wildman–Crippen MR) is 71.6 cm³/mol. The highest BCUT2D eigenvalue weighted by Crippen LogP contribution is 2.40. The van der Waals surface area contributed by atoms with Crippen LogP contribution >= 0.6 is 0 Å². The topological polar surface area (TPSA) is 72.8 Å². The Morgan fingerprint density at radius 1 is 1.30 bits per heavy atom. The molecule has 5 heteroatoms. The van der Waals surface area contributed by atoms with Gasteiger partial charge in [0.25, 0.3) is 0 Å². The van der Waals surface area contributed by atoms with Crippen molar-refractivity contribution in [3.8, 4) is 5.75 Å². The van der Waals surface area contributed by atoms with Gasteiger partial charge in [0.1, 0.15) is 11.5 Å². The van der Waals surface area contributed by atoms with Crippen molar-refractivity contribution in [3.05, 3.63) is 29.8 Å². The quantitative estimate of drug-likeness (QED) is 0.847. The molecule has 1 aliphatic rings. The van der Waals surface area contributed by atoms with E-state index in [1.165, 1.54) is 7.11 Å². The van der Waals surface area contributed by atoms with Gasteiger partial charge in [-0.1, -0.05) is 12.1 Å². The van der Waals surface area contributed by atoms with E-state index in [9.17, 15) is 14.7 Å². The molecule has 1 saturated carbocycles. The second-order valence-electron chi connectivity index (χ2n) is 5.00. The Labute approximate surface area is 117 Å². The van der Waals surface area contributed by atoms with Crippen molar-refractivity contribution in [2.45, 2.75) is 30.8 Å². The first-order chi connectivity index (χ1) is 9.51. The maximum Gasteiger partial charge on any atom is 0.338 e. The fourth-order valence-electron chi connectivity index (χ4n) is 2.73. The second-order valence-corrected chi connectivity index (χ2v) is 5.00. The normalized spacial score (nSPS) is 26.1. The van der Waals surface area contributed by atoms with Crippen molar-refractivity contribution in [1.29, 1.82) is 0 Å². The van der Waals surface area contributed by atoms with E-state index in [-0.39, 0.29) is 12.2 Å². The Hall–Kier alpha value is -1.88. The minimum atomic E-state index is -1.78. The van der Waals surface area contributed by atoms with E-state index in [0.29, 0.717) is 18.6 Å². The number of ketones is 1. The van der Waals surface area contributed by atoms with Crippen LogP contribution in [0.5, 0.6) is 5.75 Å². The molecular formula is C15H18O5. The van der Waals surface area contributed by atoms with Crippen molar-refractivity contribution >= 4 is 11.8 Å². The van der Waals surface area contributed by atoms with Crippen molar-refractivity contribution in [2.75, 3.05) is 14.2 Å². The molecule has 0 unspecified atom stereocenters. The number of hydrogen-bond donors (Lipinski definition) is 1. The maximum atomic E-state index is 11.9. The van der Waals surface area contributed by atoms with Crippen LogP contribution in [0.1, 0.15) is 30.7 Å². The highest BCUT2D eigenvalue weighted by molar-refractivity contribution is 5.91. The number of Topliss-reactive ketones (excluding diaryl/α,β-unsaturated/α-hetero) is 1. The van der Waals surface area contributed by atoms with Crippen molar-refractivity contribution < 1.29 is 24.2 Å². The van der Waals surface area contributed by atoms with E-state index < -0.39 is 17.5 Å². The zero-order valence-electron chi connectivity index (χ0n) is 11.6. The first kappa shape index (κ1) is 14.5. The average molecular weight is 278 g/mol. The summed E-state index contributed by atoms with van der Waals surface area (Å²) in [5, 5.41) is 10.6. The van der Waals surface area contributed by atoms with Gasteiger partial charge < -0.3 is 14.6 Å². The van der Waals surface area contributed by atoms with E-state index in [1.54, 1.807) is 31.4 Å². The zero-order chi connectivity index (χ0) is 14.8. The summed E-state index contributed by atoms with van der Waals surface area (Å²) in [7, 11) is 2.78. The number of aliphatic hydroxyl groups is 1. The number of esters is 1. The van der Waals surface area contributed by atoms with Gasteiger partial charge in [0.05, 0.1) is 14.2 Å². The van der Waals surface area contributed by atoms with Crippen LogP contribution in [0.4, 0.5) is 0 Å². The number of methoxy groups -OCH3 is 2. The van der Waals surface area contributed by atoms with E-state index in [1.807, 2.05) is 0 Å². The lowest BCUT2D eigenvalue weighted by atomic mass is 9.71. The van der Waals surface area contributed by atoms with Gasteiger partial charge in [-0.25, -0.2) is 4.79 Å². The van der Waals surface area contributed by atoms with Crippen LogP contribution < -0.4 is 4.74 Å². The van der Waals surface area contributed by atoms with E-state index >= 15 is 0 Å². The highest BCUT2D eigenvalue weighted by atomic mass is 16.5. The Morgan fingerprint density at radius 3 is 2.50 bits per heavy atom. The molecule has 1 N–H and O–H groups in total. The van der Waals surface area contributed by atoms with Crippen molar-refractivity contribution in [2.24, 2.45) is 0 Å². The molecule has 1 fully saturated rings. The number of benzene rings is 1. The summed E-state index contributed by atoms with van der Waals surface area (Å²) in [6.07, 6.45) is 0.586. The Kier molecular flexibility index (Phi) is 4.09. The highest BCUT2D eigenvalue weighted by Gasteiger charge is 2.49. The first-order valence-corrected chi connectivity index (χ1v) is 6.47. The molecule has 0 bridgehead atoms. The van der Waals surface area contributed by atoms with Crippen LogP contribution in [0.2, 0.25) is 0 Å². The van der Waals surface area contributed by atoms with Crippen molar-refractivity contribution in [3.63, 3.8) is 0 Å². The second kappa shape index (κ2) is 5.63. The third-order valence-electron chi connectivity index (χ3n) is 3.81. The third kappa shape index (κ3) is 2.54. The molecule has 20 heavy (non-hydrogen) atoms. The average Bonchev–Trinajstić information content (AvgIpc) is 2.46. The van der Waals surface area contributed by atoms with E-state index in [2.05, 4.69) is 4.74 Å². The zero-order valence-corrected chi connectivity index (χ0v) is 11.6. The van der Waals surface area contributed by atoms with Crippen LogP contribution in [0.25, 0.3) is 0 Å². The Morgan fingerprint density at radius 2 is 1.95 bits per heavy atom. The van der Waals surface area contributed by atoms with Gasteiger partial charge in [-0.3, -0.25) is 4.79 Å². The molecular weight excluding hydrogens is 260 g/mol. The van der Waals surface area contributed by atoms with Crippen molar-refractivity contribution in [1.82, 2.24) is 0 Å². The molecule has 2 rings (SSSR count). The number of hydrogen-bond acceptors (Lipinski definition) is 5. The number of carbonyl (C=O) groups excluding carboxylic acids is 2. The molecule has 0 spiro atoms. The number of rotatable bonds is 3. The summed E-state index contributed by atoms with van der Waals surface area (Å²) in [5.74, 6) is -0.630. The van der Waals surface area contributed by atoms with Gasteiger partial charge in [-0.05, 0) is 24.1 Å².